The van der Waals surface area contributed by atoms with E-state index in [0.717, 1.165) is 24.0 Å². The van der Waals surface area contributed by atoms with Crippen molar-refractivity contribution in [2.24, 2.45) is 0 Å². The van der Waals surface area contributed by atoms with Crippen molar-refractivity contribution in [3.63, 3.8) is 0 Å². The van der Waals surface area contributed by atoms with Crippen LogP contribution in [-0.2, 0) is 9.59 Å². The maximum Gasteiger partial charge on any atom is 0.313 e. The largest absolute Gasteiger partial charge is 0.391 e. The summed E-state index contributed by atoms with van der Waals surface area (Å²) in [6.07, 6.45) is 2.74. The Morgan fingerprint density at radius 1 is 1.14 bits per heavy atom. The molecule has 1 aliphatic rings. The molecule has 2 unspecified atom stereocenters. The molecular formula is C16H22N2O3. The molecule has 1 saturated carbocycles. The highest BCUT2D eigenvalue weighted by molar-refractivity contribution is 6.39. The van der Waals surface area contributed by atoms with Crippen LogP contribution in [0.3, 0.4) is 0 Å². The van der Waals surface area contributed by atoms with E-state index in [1.165, 1.54) is 0 Å². The number of carbonyl (C=O) groups is 2. The number of aliphatic hydroxyl groups excluding tert-OH is 1. The summed E-state index contributed by atoms with van der Waals surface area (Å²) >= 11 is 0. The van der Waals surface area contributed by atoms with Crippen LogP contribution in [0.15, 0.2) is 18.2 Å². The van der Waals surface area contributed by atoms with Crippen molar-refractivity contribution in [1.29, 1.82) is 0 Å². The van der Waals surface area contributed by atoms with E-state index in [9.17, 15) is 14.7 Å². The number of benzene rings is 1. The van der Waals surface area contributed by atoms with Gasteiger partial charge in [0.1, 0.15) is 0 Å². The highest BCUT2D eigenvalue weighted by Gasteiger charge is 2.26. The molecule has 1 fully saturated rings. The molecule has 1 aliphatic carbocycles. The van der Waals surface area contributed by atoms with Gasteiger partial charge in [-0.1, -0.05) is 25.0 Å². The van der Waals surface area contributed by atoms with Gasteiger partial charge in [-0.05, 0) is 43.9 Å². The Kier molecular flexibility index (Phi) is 4.96. The van der Waals surface area contributed by atoms with Crippen LogP contribution in [0, 0.1) is 13.8 Å². The van der Waals surface area contributed by atoms with Crippen molar-refractivity contribution < 1.29 is 14.7 Å². The first-order valence-corrected chi connectivity index (χ1v) is 7.35. The molecule has 114 valence electrons. The minimum absolute atomic E-state index is 0.324. The molecule has 0 aromatic heterocycles. The normalized spacial score (nSPS) is 21.7. The van der Waals surface area contributed by atoms with Gasteiger partial charge >= 0.3 is 11.8 Å². The number of anilines is 1. The van der Waals surface area contributed by atoms with E-state index >= 15 is 0 Å². The molecule has 0 spiro atoms. The molecular weight excluding hydrogens is 268 g/mol. The lowest BCUT2D eigenvalue weighted by Crippen LogP contribution is -2.48. The first-order valence-electron chi connectivity index (χ1n) is 7.35. The van der Waals surface area contributed by atoms with Crippen LogP contribution in [0.2, 0.25) is 0 Å². The second kappa shape index (κ2) is 6.72. The van der Waals surface area contributed by atoms with Gasteiger partial charge < -0.3 is 15.7 Å². The SMILES string of the molecule is Cc1cccc(NC(=O)C(=O)NC2CCCCC2O)c1C. The molecule has 2 atom stereocenters. The molecule has 0 saturated heterocycles. The van der Waals surface area contributed by atoms with Crippen LogP contribution < -0.4 is 10.6 Å². The number of hydrogen-bond acceptors (Lipinski definition) is 3. The Hall–Kier alpha value is -1.88. The van der Waals surface area contributed by atoms with E-state index in [2.05, 4.69) is 10.6 Å². The number of carbonyl (C=O) groups excluding carboxylic acids is 2. The lowest BCUT2D eigenvalue weighted by Gasteiger charge is -2.28. The Morgan fingerprint density at radius 2 is 1.86 bits per heavy atom. The van der Waals surface area contributed by atoms with Crippen molar-refractivity contribution in [1.82, 2.24) is 5.32 Å². The molecule has 0 aliphatic heterocycles. The number of aliphatic hydroxyl groups is 1. The first-order chi connectivity index (χ1) is 9.99. The molecule has 1 aromatic rings. The minimum Gasteiger partial charge on any atom is -0.391 e. The van der Waals surface area contributed by atoms with Crippen LogP contribution in [0.25, 0.3) is 0 Å². The third kappa shape index (κ3) is 3.82. The fourth-order valence-corrected chi connectivity index (χ4v) is 2.58. The highest BCUT2D eigenvalue weighted by atomic mass is 16.3. The average molecular weight is 290 g/mol. The van der Waals surface area contributed by atoms with Crippen molar-refractivity contribution in [2.75, 3.05) is 5.32 Å². The van der Waals surface area contributed by atoms with Crippen molar-refractivity contribution in [3.8, 4) is 0 Å². The molecule has 2 amide bonds. The monoisotopic (exact) mass is 290 g/mol. The van der Waals surface area contributed by atoms with Crippen LogP contribution in [-0.4, -0.2) is 29.1 Å². The quantitative estimate of drug-likeness (QED) is 0.725. The first kappa shape index (κ1) is 15.5. The molecule has 2 rings (SSSR count). The maximum atomic E-state index is 12.0. The number of amides is 2. The fourth-order valence-electron chi connectivity index (χ4n) is 2.58. The van der Waals surface area contributed by atoms with E-state index in [1.807, 2.05) is 26.0 Å². The van der Waals surface area contributed by atoms with Crippen LogP contribution in [0.5, 0.6) is 0 Å². The third-order valence-electron chi connectivity index (χ3n) is 4.11. The van der Waals surface area contributed by atoms with Gasteiger partial charge in [-0.15, -0.1) is 0 Å². The van der Waals surface area contributed by atoms with E-state index in [4.69, 9.17) is 0 Å². The number of hydrogen-bond donors (Lipinski definition) is 3. The minimum atomic E-state index is -0.693. The van der Waals surface area contributed by atoms with Gasteiger partial charge in [0.05, 0.1) is 12.1 Å². The standard InChI is InChI=1S/C16H22N2O3/c1-10-6-5-8-12(11(10)2)17-15(20)16(21)18-13-7-3-4-9-14(13)19/h5-6,8,13-14,19H,3-4,7,9H2,1-2H3,(H,17,20)(H,18,21). The Balaban J connectivity index is 1.96. The summed E-state index contributed by atoms with van der Waals surface area (Å²) in [5, 5.41) is 15.1. The predicted molar refractivity (Wildman–Crippen MR) is 81.0 cm³/mol. The summed E-state index contributed by atoms with van der Waals surface area (Å²) in [6.45, 7) is 3.84. The van der Waals surface area contributed by atoms with Crippen molar-refractivity contribution in [2.45, 2.75) is 51.7 Å². The number of aryl methyl sites for hydroxylation is 1. The third-order valence-corrected chi connectivity index (χ3v) is 4.11. The van der Waals surface area contributed by atoms with E-state index in [1.54, 1.807) is 6.07 Å². The fraction of sp³-hybridized carbons (Fsp3) is 0.500. The van der Waals surface area contributed by atoms with Crippen LogP contribution in [0.1, 0.15) is 36.8 Å². The topological polar surface area (TPSA) is 78.4 Å². The number of rotatable bonds is 2. The summed E-state index contributed by atoms with van der Waals surface area (Å²) in [4.78, 5) is 23.9. The summed E-state index contributed by atoms with van der Waals surface area (Å²) < 4.78 is 0. The smallest absolute Gasteiger partial charge is 0.313 e. The van der Waals surface area contributed by atoms with E-state index in [-0.39, 0.29) is 6.04 Å². The molecule has 3 N–H and O–H groups in total. The molecule has 0 heterocycles. The van der Waals surface area contributed by atoms with Gasteiger partial charge in [0, 0.05) is 5.69 Å². The van der Waals surface area contributed by atoms with Gasteiger partial charge in [0.25, 0.3) is 0 Å². The predicted octanol–water partition coefficient (Wildman–Crippen LogP) is 1.66. The molecule has 21 heavy (non-hydrogen) atoms. The summed E-state index contributed by atoms with van der Waals surface area (Å²) in [5.74, 6) is -1.39. The zero-order chi connectivity index (χ0) is 15.4. The lowest BCUT2D eigenvalue weighted by atomic mass is 9.92. The molecule has 5 heteroatoms. The Bertz CT molecular complexity index is 542. The van der Waals surface area contributed by atoms with Gasteiger partial charge in [-0.3, -0.25) is 9.59 Å². The van der Waals surface area contributed by atoms with Crippen molar-refractivity contribution in [3.05, 3.63) is 29.3 Å². The summed E-state index contributed by atoms with van der Waals surface area (Å²) in [7, 11) is 0. The molecule has 1 aromatic carbocycles. The lowest BCUT2D eigenvalue weighted by molar-refractivity contribution is -0.137. The summed E-state index contributed by atoms with van der Waals surface area (Å²) in [5.41, 5.74) is 2.63. The molecule has 0 radical (unpaired) electrons. The Morgan fingerprint density at radius 3 is 2.57 bits per heavy atom. The molecule has 5 nitrogen and oxygen atoms in total. The van der Waals surface area contributed by atoms with Crippen LogP contribution in [0.4, 0.5) is 5.69 Å². The van der Waals surface area contributed by atoms with Gasteiger partial charge in [0.2, 0.25) is 0 Å². The second-order valence-corrected chi connectivity index (χ2v) is 5.63. The maximum absolute atomic E-state index is 12.0. The second-order valence-electron chi connectivity index (χ2n) is 5.63. The van der Waals surface area contributed by atoms with E-state index in [0.29, 0.717) is 18.5 Å². The van der Waals surface area contributed by atoms with Gasteiger partial charge in [-0.2, -0.15) is 0 Å². The molecule has 0 bridgehead atoms. The zero-order valence-corrected chi connectivity index (χ0v) is 12.5. The van der Waals surface area contributed by atoms with Crippen molar-refractivity contribution >= 4 is 17.5 Å². The highest BCUT2D eigenvalue weighted by Crippen LogP contribution is 2.19. The summed E-state index contributed by atoms with van der Waals surface area (Å²) in [6, 6.07) is 5.23. The average Bonchev–Trinajstić information content (AvgIpc) is 2.46. The number of nitrogens with one attached hydrogen (secondary N) is 2. The van der Waals surface area contributed by atoms with E-state index < -0.39 is 17.9 Å². The van der Waals surface area contributed by atoms with Crippen LogP contribution >= 0.6 is 0 Å². The Labute approximate surface area is 124 Å². The zero-order valence-electron chi connectivity index (χ0n) is 12.5. The van der Waals surface area contributed by atoms with Gasteiger partial charge in [-0.25, -0.2) is 0 Å². The van der Waals surface area contributed by atoms with Gasteiger partial charge in [0.15, 0.2) is 0 Å².